The van der Waals surface area contributed by atoms with E-state index < -0.39 is 0 Å². The Morgan fingerprint density at radius 1 is 1.28 bits per heavy atom. The van der Waals surface area contributed by atoms with E-state index in [4.69, 9.17) is 11.6 Å². The maximum Gasteiger partial charge on any atom is 0.229 e. The molecule has 0 saturated carbocycles. The van der Waals surface area contributed by atoms with E-state index in [0.717, 1.165) is 0 Å². The van der Waals surface area contributed by atoms with E-state index in [1.807, 2.05) is 0 Å². The van der Waals surface area contributed by atoms with Crippen LogP contribution in [-0.2, 0) is 11.2 Å². The fourth-order valence-corrected chi connectivity index (χ4v) is 1.67. The second-order valence-electron chi connectivity index (χ2n) is 3.70. The summed E-state index contributed by atoms with van der Waals surface area (Å²) in [7, 11) is 0. The van der Waals surface area contributed by atoms with Crippen molar-refractivity contribution >= 4 is 23.2 Å². The Morgan fingerprint density at radius 2 is 2.06 bits per heavy atom. The summed E-state index contributed by atoms with van der Waals surface area (Å²) in [5.41, 5.74) is 1.02. The van der Waals surface area contributed by atoms with Crippen molar-refractivity contribution in [2.24, 2.45) is 0 Å². The summed E-state index contributed by atoms with van der Waals surface area (Å²) in [5.74, 6) is -0.156. The van der Waals surface area contributed by atoms with Crippen molar-refractivity contribution in [3.05, 3.63) is 53.3 Å². The fourth-order valence-electron chi connectivity index (χ4n) is 1.51. The molecule has 0 atom stereocenters. The van der Waals surface area contributed by atoms with Gasteiger partial charge in [-0.15, -0.1) is 0 Å². The molecule has 5 heteroatoms. The van der Waals surface area contributed by atoms with Gasteiger partial charge in [0, 0.05) is 11.8 Å². The van der Waals surface area contributed by atoms with Crippen molar-refractivity contribution in [2.75, 3.05) is 5.32 Å². The van der Waals surface area contributed by atoms with Gasteiger partial charge in [0.15, 0.2) is 5.15 Å². The summed E-state index contributed by atoms with van der Waals surface area (Å²) < 4.78 is 0. The molecule has 1 aromatic carbocycles. The second-order valence-corrected chi connectivity index (χ2v) is 4.05. The maximum absolute atomic E-state index is 11.8. The van der Waals surface area contributed by atoms with Crippen LogP contribution in [0.1, 0.15) is 5.56 Å². The number of aromatic nitrogens is 1. The molecule has 0 radical (unpaired) electrons. The zero-order chi connectivity index (χ0) is 13.0. The predicted octanol–water partition coefficient (Wildman–Crippen LogP) is 2.62. The first kappa shape index (κ1) is 12.4. The van der Waals surface area contributed by atoms with Gasteiger partial charge in [-0.3, -0.25) is 4.79 Å². The van der Waals surface area contributed by atoms with E-state index in [2.05, 4.69) is 10.3 Å². The van der Waals surface area contributed by atoms with Crippen LogP contribution in [0.25, 0.3) is 0 Å². The van der Waals surface area contributed by atoms with Crippen molar-refractivity contribution in [3.8, 4) is 5.75 Å². The number of para-hydroxylation sites is 1. The third kappa shape index (κ3) is 2.99. The maximum atomic E-state index is 11.8. The molecule has 2 N–H and O–H groups in total. The number of anilines is 1. The van der Waals surface area contributed by atoms with Crippen LogP contribution in [0.5, 0.6) is 5.75 Å². The highest BCUT2D eigenvalue weighted by atomic mass is 35.5. The van der Waals surface area contributed by atoms with E-state index in [1.54, 1.807) is 42.6 Å². The van der Waals surface area contributed by atoms with E-state index in [1.165, 1.54) is 0 Å². The number of benzene rings is 1. The molecule has 0 aliphatic carbocycles. The zero-order valence-electron chi connectivity index (χ0n) is 9.43. The highest BCUT2D eigenvalue weighted by molar-refractivity contribution is 6.32. The number of nitrogens with one attached hydrogen (secondary N) is 1. The minimum atomic E-state index is -0.258. The number of rotatable bonds is 3. The van der Waals surface area contributed by atoms with Gasteiger partial charge in [-0.05, 0) is 18.2 Å². The van der Waals surface area contributed by atoms with E-state index >= 15 is 0 Å². The molecule has 0 saturated heterocycles. The van der Waals surface area contributed by atoms with Crippen LogP contribution in [0.3, 0.4) is 0 Å². The number of pyridine rings is 1. The fraction of sp³-hybridized carbons (Fsp3) is 0.0769. The number of amides is 1. The molecular formula is C13H11ClN2O2. The number of halogens is 1. The topological polar surface area (TPSA) is 62.2 Å². The zero-order valence-corrected chi connectivity index (χ0v) is 10.2. The molecule has 2 rings (SSSR count). The van der Waals surface area contributed by atoms with Gasteiger partial charge in [0.25, 0.3) is 0 Å². The Hall–Kier alpha value is -2.07. The lowest BCUT2D eigenvalue weighted by Gasteiger charge is -2.07. The Labute approximate surface area is 109 Å². The summed E-state index contributed by atoms with van der Waals surface area (Å²) in [6.07, 6.45) is 1.62. The highest BCUT2D eigenvalue weighted by Crippen LogP contribution is 2.19. The monoisotopic (exact) mass is 262 g/mol. The molecule has 0 unspecified atom stereocenters. The van der Waals surface area contributed by atoms with E-state index in [-0.39, 0.29) is 23.2 Å². The molecule has 1 aromatic heterocycles. The van der Waals surface area contributed by atoms with Crippen LogP contribution >= 0.6 is 11.6 Å². The van der Waals surface area contributed by atoms with Gasteiger partial charge in [0.1, 0.15) is 5.75 Å². The van der Waals surface area contributed by atoms with Gasteiger partial charge >= 0.3 is 0 Å². The normalized spacial score (nSPS) is 10.1. The van der Waals surface area contributed by atoms with Crippen LogP contribution in [0.4, 0.5) is 5.69 Å². The highest BCUT2D eigenvalue weighted by Gasteiger charge is 2.09. The number of carbonyl (C=O) groups is 1. The van der Waals surface area contributed by atoms with Gasteiger partial charge in [-0.1, -0.05) is 29.8 Å². The molecule has 18 heavy (non-hydrogen) atoms. The molecule has 0 fully saturated rings. The van der Waals surface area contributed by atoms with Crippen molar-refractivity contribution in [3.63, 3.8) is 0 Å². The third-order valence-electron chi connectivity index (χ3n) is 2.38. The van der Waals surface area contributed by atoms with Crippen molar-refractivity contribution < 1.29 is 9.90 Å². The van der Waals surface area contributed by atoms with Gasteiger partial charge < -0.3 is 10.4 Å². The first-order chi connectivity index (χ1) is 8.66. The van der Waals surface area contributed by atoms with E-state index in [0.29, 0.717) is 11.3 Å². The van der Waals surface area contributed by atoms with Gasteiger partial charge in [-0.25, -0.2) is 4.98 Å². The Morgan fingerprint density at radius 3 is 2.78 bits per heavy atom. The molecule has 0 aliphatic heterocycles. The van der Waals surface area contributed by atoms with Crippen LogP contribution in [0, 0.1) is 0 Å². The van der Waals surface area contributed by atoms with Crippen molar-refractivity contribution in [2.45, 2.75) is 6.42 Å². The Balaban J connectivity index is 2.06. The summed E-state index contributed by atoms with van der Waals surface area (Å²) >= 11 is 5.83. The van der Waals surface area contributed by atoms with Crippen LogP contribution in [0.2, 0.25) is 5.15 Å². The van der Waals surface area contributed by atoms with Crippen molar-refractivity contribution in [1.29, 1.82) is 0 Å². The largest absolute Gasteiger partial charge is 0.508 e. The quantitative estimate of drug-likeness (QED) is 0.836. The first-order valence-corrected chi connectivity index (χ1v) is 5.72. The number of phenols is 1. The summed E-state index contributed by atoms with van der Waals surface area (Å²) in [6, 6.07) is 10.0. The molecule has 92 valence electrons. The third-order valence-corrected chi connectivity index (χ3v) is 2.68. The Kier molecular flexibility index (Phi) is 3.79. The van der Waals surface area contributed by atoms with Crippen LogP contribution < -0.4 is 5.32 Å². The van der Waals surface area contributed by atoms with Crippen LogP contribution in [-0.4, -0.2) is 16.0 Å². The van der Waals surface area contributed by atoms with Crippen LogP contribution in [0.15, 0.2) is 42.6 Å². The minimum absolute atomic E-state index is 0.0812. The standard InChI is InChI=1S/C13H11ClN2O2/c14-13-10(5-3-7-15-13)16-12(18)8-9-4-1-2-6-11(9)17/h1-7,17H,8H2,(H,16,18). The number of nitrogens with zero attached hydrogens (tertiary/aromatic N) is 1. The average Bonchev–Trinajstić information content (AvgIpc) is 2.35. The molecule has 1 amide bonds. The smallest absolute Gasteiger partial charge is 0.229 e. The molecule has 0 aliphatic rings. The molecule has 4 nitrogen and oxygen atoms in total. The molecule has 1 heterocycles. The molecule has 0 spiro atoms. The molecular weight excluding hydrogens is 252 g/mol. The number of carbonyl (C=O) groups excluding carboxylic acids is 1. The second kappa shape index (κ2) is 5.51. The molecule has 0 bridgehead atoms. The van der Waals surface area contributed by atoms with Gasteiger partial charge in [-0.2, -0.15) is 0 Å². The average molecular weight is 263 g/mol. The lowest BCUT2D eigenvalue weighted by Crippen LogP contribution is -2.14. The number of phenolic OH excluding ortho intramolecular Hbond substituents is 1. The van der Waals surface area contributed by atoms with E-state index in [9.17, 15) is 9.90 Å². The number of aromatic hydroxyl groups is 1. The lowest BCUT2D eigenvalue weighted by atomic mass is 10.1. The van der Waals surface area contributed by atoms with Crippen molar-refractivity contribution in [1.82, 2.24) is 4.98 Å². The number of hydrogen-bond acceptors (Lipinski definition) is 3. The predicted molar refractivity (Wildman–Crippen MR) is 69.7 cm³/mol. The number of hydrogen-bond donors (Lipinski definition) is 2. The van der Waals surface area contributed by atoms with Gasteiger partial charge in [0.2, 0.25) is 5.91 Å². The van der Waals surface area contributed by atoms with Gasteiger partial charge in [0.05, 0.1) is 12.1 Å². The lowest BCUT2D eigenvalue weighted by molar-refractivity contribution is -0.115. The first-order valence-electron chi connectivity index (χ1n) is 5.34. The summed E-state index contributed by atoms with van der Waals surface area (Å²) in [4.78, 5) is 15.6. The summed E-state index contributed by atoms with van der Waals surface area (Å²) in [6.45, 7) is 0. The summed E-state index contributed by atoms with van der Waals surface area (Å²) in [5, 5.41) is 12.4. The Bertz CT molecular complexity index is 523. The SMILES string of the molecule is O=C(Cc1ccccc1O)Nc1cccnc1Cl. The molecule has 2 aromatic rings. The minimum Gasteiger partial charge on any atom is -0.508 e.